The smallest absolute Gasteiger partial charge is 0.271 e. The number of benzene rings is 1. The van der Waals surface area contributed by atoms with Crippen molar-refractivity contribution in [1.29, 1.82) is 5.41 Å². The maximum absolute atomic E-state index is 13.4. The van der Waals surface area contributed by atoms with Gasteiger partial charge in [-0.15, -0.1) is 0 Å². The molecule has 2 heterocycles. The molecule has 0 atom stereocenters. The molecule has 3 rings (SSSR count). The van der Waals surface area contributed by atoms with Crippen molar-refractivity contribution < 1.29 is 18.4 Å². The predicted molar refractivity (Wildman–Crippen MR) is 140 cm³/mol. The van der Waals surface area contributed by atoms with Crippen LogP contribution in [-0.2, 0) is 23.3 Å². The molecular weight excluding hydrogens is 527 g/mol. The third kappa shape index (κ3) is 6.40. The lowest BCUT2D eigenvalue weighted by Gasteiger charge is -2.38. The Morgan fingerprint density at radius 2 is 1.97 bits per heavy atom. The summed E-state index contributed by atoms with van der Waals surface area (Å²) in [6.45, 7) is 8.86. The standard InChI is InChI=1S/C24H29Cl2F2N7O2/c1-5-19(36)34-9-12(10-34)32-23(37)20-21(26)33-18(35(20)11-17(27)28)8-31-22(30)13-6-14(24(2,3)4)15(25)7-16(13)29/h5-7,12,17H,1,8-11,29H2,2-4H3,(H2,30,31)(H,32,37). The monoisotopic (exact) mass is 555 g/mol. The number of hydrogen-bond acceptors (Lipinski definition) is 5. The van der Waals surface area contributed by atoms with Crippen LogP contribution in [0.15, 0.2) is 24.8 Å². The largest absolute Gasteiger partial charge is 0.398 e. The lowest BCUT2D eigenvalue weighted by Crippen LogP contribution is -2.60. The third-order valence-corrected chi connectivity index (χ3v) is 6.46. The van der Waals surface area contributed by atoms with Crippen LogP contribution in [0, 0.1) is 5.41 Å². The highest BCUT2D eigenvalue weighted by atomic mass is 35.5. The molecule has 0 radical (unpaired) electrons. The van der Waals surface area contributed by atoms with E-state index in [-0.39, 0.29) is 65.2 Å². The van der Waals surface area contributed by atoms with Gasteiger partial charge in [-0.05, 0) is 29.2 Å². The van der Waals surface area contributed by atoms with Gasteiger partial charge in [0.25, 0.3) is 12.3 Å². The Kier molecular flexibility index (Phi) is 8.49. The van der Waals surface area contributed by atoms with Crippen molar-refractivity contribution in [3.63, 3.8) is 0 Å². The first kappa shape index (κ1) is 28.4. The maximum Gasteiger partial charge on any atom is 0.271 e. The molecule has 1 aliphatic rings. The van der Waals surface area contributed by atoms with Crippen LogP contribution in [0.25, 0.3) is 0 Å². The van der Waals surface area contributed by atoms with Crippen LogP contribution in [0.3, 0.4) is 0 Å². The van der Waals surface area contributed by atoms with E-state index >= 15 is 0 Å². The number of halogens is 4. The van der Waals surface area contributed by atoms with Crippen molar-refractivity contribution >= 4 is 46.5 Å². The van der Waals surface area contributed by atoms with E-state index in [1.807, 2.05) is 20.8 Å². The van der Waals surface area contributed by atoms with Crippen molar-refractivity contribution in [2.45, 2.75) is 51.7 Å². The quantitative estimate of drug-likeness (QED) is 0.171. The lowest BCUT2D eigenvalue weighted by molar-refractivity contribution is -0.130. The number of nitrogens with two attached hydrogens (primary N) is 1. The Morgan fingerprint density at radius 3 is 2.54 bits per heavy atom. The summed E-state index contributed by atoms with van der Waals surface area (Å²) in [7, 11) is 0. The molecule has 1 aliphatic heterocycles. The van der Waals surface area contributed by atoms with Crippen LogP contribution in [0.4, 0.5) is 14.5 Å². The number of carbonyl (C=O) groups is 2. The molecule has 5 N–H and O–H groups in total. The normalized spacial score (nSPS) is 13.9. The van der Waals surface area contributed by atoms with Gasteiger partial charge in [-0.3, -0.25) is 15.0 Å². The fourth-order valence-corrected chi connectivity index (χ4v) is 4.67. The number of amidine groups is 1. The van der Waals surface area contributed by atoms with Crippen LogP contribution < -0.4 is 16.4 Å². The summed E-state index contributed by atoms with van der Waals surface area (Å²) in [5.74, 6) is -0.986. The van der Waals surface area contributed by atoms with Gasteiger partial charge >= 0.3 is 0 Å². The van der Waals surface area contributed by atoms with E-state index in [1.54, 1.807) is 12.1 Å². The average molecular weight is 556 g/mol. The number of aromatic nitrogens is 2. The Morgan fingerprint density at radius 1 is 1.32 bits per heavy atom. The molecule has 0 bridgehead atoms. The average Bonchev–Trinajstić information content (AvgIpc) is 3.06. The van der Waals surface area contributed by atoms with Crippen molar-refractivity contribution in [3.05, 3.63) is 57.6 Å². The number of amides is 2. The van der Waals surface area contributed by atoms with E-state index in [4.69, 9.17) is 34.3 Å². The fraction of sp³-hybridized carbons (Fsp3) is 0.417. The van der Waals surface area contributed by atoms with Gasteiger partial charge in [0, 0.05) is 29.4 Å². The summed E-state index contributed by atoms with van der Waals surface area (Å²) in [6, 6.07) is 2.92. The van der Waals surface area contributed by atoms with E-state index in [9.17, 15) is 18.4 Å². The van der Waals surface area contributed by atoms with E-state index in [1.165, 1.54) is 11.0 Å². The molecule has 1 saturated heterocycles. The molecule has 2 amide bonds. The molecule has 200 valence electrons. The molecule has 2 aromatic rings. The molecule has 9 nitrogen and oxygen atoms in total. The number of nitrogens with one attached hydrogen (secondary N) is 3. The first-order chi connectivity index (χ1) is 17.2. The third-order valence-electron chi connectivity index (χ3n) is 5.88. The number of likely N-dealkylation sites (tertiary alicyclic amines) is 1. The van der Waals surface area contributed by atoms with E-state index in [2.05, 4.69) is 22.2 Å². The minimum absolute atomic E-state index is 0.0425. The first-order valence-corrected chi connectivity index (χ1v) is 12.2. The molecule has 0 aliphatic carbocycles. The van der Waals surface area contributed by atoms with Crippen LogP contribution in [0.5, 0.6) is 0 Å². The number of nitrogens with zero attached hydrogens (tertiary/aromatic N) is 3. The zero-order valence-electron chi connectivity index (χ0n) is 20.7. The molecule has 1 aromatic carbocycles. The highest BCUT2D eigenvalue weighted by molar-refractivity contribution is 6.32. The predicted octanol–water partition coefficient (Wildman–Crippen LogP) is 3.58. The van der Waals surface area contributed by atoms with Gasteiger partial charge in [0.05, 0.1) is 19.1 Å². The van der Waals surface area contributed by atoms with E-state index in [0.717, 1.165) is 10.1 Å². The van der Waals surface area contributed by atoms with Gasteiger partial charge < -0.3 is 25.8 Å². The highest BCUT2D eigenvalue weighted by Crippen LogP contribution is 2.33. The second-order valence-corrected chi connectivity index (χ2v) is 10.4. The minimum atomic E-state index is -2.79. The van der Waals surface area contributed by atoms with Gasteiger partial charge in [0.2, 0.25) is 5.91 Å². The van der Waals surface area contributed by atoms with E-state index < -0.39 is 18.9 Å². The Bertz CT molecular complexity index is 1230. The first-order valence-electron chi connectivity index (χ1n) is 11.4. The van der Waals surface area contributed by atoms with Crippen molar-refractivity contribution in [2.24, 2.45) is 0 Å². The molecule has 1 fully saturated rings. The van der Waals surface area contributed by atoms with Gasteiger partial charge in [-0.25, -0.2) is 13.8 Å². The fourth-order valence-electron chi connectivity index (χ4n) is 3.93. The summed E-state index contributed by atoms with van der Waals surface area (Å²) >= 11 is 12.5. The van der Waals surface area contributed by atoms with Gasteiger partial charge in [0.15, 0.2) is 5.15 Å². The van der Waals surface area contributed by atoms with Crippen LogP contribution in [0.1, 0.15) is 48.2 Å². The number of rotatable bonds is 8. The van der Waals surface area contributed by atoms with Crippen molar-refractivity contribution in [2.75, 3.05) is 18.8 Å². The summed E-state index contributed by atoms with van der Waals surface area (Å²) in [6.07, 6.45) is -1.62. The number of alkyl halides is 2. The number of hydrogen-bond donors (Lipinski definition) is 4. The number of nitrogen functional groups attached to an aromatic ring is 1. The molecule has 0 saturated carbocycles. The Balaban J connectivity index is 1.79. The Hall–Kier alpha value is -3.18. The minimum Gasteiger partial charge on any atom is -0.398 e. The zero-order valence-corrected chi connectivity index (χ0v) is 22.2. The van der Waals surface area contributed by atoms with Crippen LogP contribution in [0.2, 0.25) is 10.2 Å². The van der Waals surface area contributed by atoms with Gasteiger partial charge in [-0.2, -0.15) is 0 Å². The summed E-state index contributed by atoms with van der Waals surface area (Å²) < 4.78 is 27.9. The van der Waals surface area contributed by atoms with Crippen LogP contribution in [-0.4, -0.2) is 57.7 Å². The van der Waals surface area contributed by atoms with Gasteiger partial charge in [0.1, 0.15) is 17.4 Å². The highest BCUT2D eigenvalue weighted by Gasteiger charge is 2.33. The van der Waals surface area contributed by atoms with Crippen molar-refractivity contribution in [3.8, 4) is 0 Å². The number of carbonyl (C=O) groups excluding carboxylic acids is 2. The summed E-state index contributed by atoms with van der Waals surface area (Å²) in [4.78, 5) is 30.1. The molecular formula is C24H29Cl2F2N7O2. The van der Waals surface area contributed by atoms with Crippen molar-refractivity contribution in [1.82, 2.24) is 25.1 Å². The second-order valence-electron chi connectivity index (χ2n) is 9.68. The maximum atomic E-state index is 13.4. The SMILES string of the molecule is C=CC(=O)N1CC(NC(=O)c2c(Cl)nc(CNC(=N)c3cc(C(C)(C)C)c(Cl)cc3N)n2CC(F)F)C1. The number of anilines is 1. The molecule has 1 aromatic heterocycles. The molecule has 0 spiro atoms. The molecule has 0 unspecified atom stereocenters. The lowest BCUT2D eigenvalue weighted by atomic mass is 9.85. The summed E-state index contributed by atoms with van der Waals surface area (Å²) in [5, 5.41) is 14.2. The zero-order chi connectivity index (χ0) is 27.7. The van der Waals surface area contributed by atoms with Gasteiger partial charge in [-0.1, -0.05) is 50.6 Å². The molecule has 13 heteroatoms. The van der Waals surface area contributed by atoms with Crippen LogP contribution >= 0.6 is 23.2 Å². The number of imidazole rings is 1. The Labute approximate surface area is 223 Å². The topological polar surface area (TPSA) is 129 Å². The van der Waals surface area contributed by atoms with E-state index in [0.29, 0.717) is 10.6 Å². The second kappa shape index (κ2) is 11.1. The molecule has 37 heavy (non-hydrogen) atoms. The summed E-state index contributed by atoms with van der Waals surface area (Å²) in [5.41, 5.74) is 6.99.